The maximum Gasteiger partial charge on any atom is 0.338 e. The van der Waals surface area contributed by atoms with E-state index in [2.05, 4.69) is 15.4 Å². The Kier molecular flexibility index (Phi) is 6.49. The van der Waals surface area contributed by atoms with Crippen LogP contribution in [-0.4, -0.2) is 27.3 Å². The van der Waals surface area contributed by atoms with Crippen LogP contribution in [-0.2, 0) is 16.1 Å². The number of hydrogen-bond donors (Lipinski definition) is 1. The zero-order valence-corrected chi connectivity index (χ0v) is 18.0. The monoisotopic (exact) mass is 436 g/mol. The van der Waals surface area contributed by atoms with E-state index in [9.17, 15) is 9.18 Å². The highest BCUT2D eigenvalue weighted by Gasteiger charge is 2.35. The van der Waals surface area contributed by atoms with Crippen LogP contribution in [0, 0.1) is 5.82 Å². The van der Waals surface area contributed by atoms with E-state index in [4.69, 9.17) is 9.47 Å². The highest BCUT2D eigenvalue weighted by Crippen LogP contribution is 2.37. The summed E-state index contributed by atoms with van der Waals surface area (Å²) in [7, 11) is 0. The summed E-state index contributed by atoms with van der Waals surface area (Å²) in [6.07, 6.45) is 3.00. The Morgan fingerprint density at radius 1 is 1.16 bits per heavy atom. The molecule has 7 nitrogen and oxygen atoms in total. The average Bonchev–Trinajstić information content (AvgIpc) is 3.27. The number of esters is 1. The summed E-state index contributed by atoms with van der Waals surface area (Å²) in [5.74, 6) is 0.492. The number of hydrogen-bond acceptors (Lipinski definition) is 6. The maximum absolute atomic E-state index is 13.8. The van der Waals surface area contributed by atoms with Gasteiger partial charge in [0, 0.05) is 11.3 Å². The first kappa shape index (κ1) is 21.5. The molecule has 8 heteroatoms. The van der Waals surface area contributed by atoms with E-state index in [-0.39, 0.29) is 25.0 Å². The van der Waals surface area contributed by atoms with Gasteiger partial charge in [-0.1, -0.05) is 43.7 Å². The van der Waals surface area contributed by atoms with E-state index < -0.39 is 6.04 Å². The molecule has 4 rings (SSSR count). The molecule has 0 bridgehead atoms. The van der Waals surface area contributed by atoms with Gasteiger partial charge in [0.2, 0.25) is 5.95 Å². The molecule has 1 aromatic heterocycles. The first-order chi connectivity index (χ1) is 15.6. The standard InChI is InChI=1S/C24H25FN4O3/c1-3-7-20-21(23(30)31-4-2)22(29-24(28-20)26-15-27-29)16-10-12-18(13-11-16)32-14-17-8-5-6-9-19(17)25/h5-6,8-13,15,22H,3-4,7,14H2,1-2H3,(H,26,27,28)/t22-/m1/s1. The Bertz CT molecular complexity index is 1120. The molecule has 0 unspecified atom stereocenters. The summed E-state index contributed by atoms with van der Waals surface area (Å²) < 4.78 is 26.6. The lowest BCUT2D eigenvalue weighted by Crippen LogP contribution is -2.30. The second-order valence-corrected chi connectivity index (χ2v) is 7.37. The first-order valence-electron chi connectivity index (χ1n) is 10.6. The summed E-state index contributed by atoms with van der Waals surface area (Å²) in [5.41, 5.74) is 2.63. The van der Waals surface area contributed by atoms with E-state index >= 15 is 0 Å². The van der Waals surface area contributed by atoms with Crippen molar-refractivity contribution in [3.8, 4) is 5.75 Å². The zero-order valence-electron chi connectivity index (χ0n) is 18.0. The van der Waals surface area contributed by atoms with Crippen molar-refractivity contribution in [1.29, 1.82) is 0 Å². The normalized spacial score (nSPS) is 15.2. The van der Waals surface area contributed by atoms with Gasteiger partial charge in [0.1, 0.15) is 30.5 Å². The van der Waals surface area contributed by atoms with Crippen molar-refractivity contribution in [3.63, 3.8) is 0 Å². The predicted octanol–water partition coefficient (Wildman–Crippen LogP) is 4.63. The number of allylic oxidation sites excluding steroid dienone is 1. The highest BCUT2D eigenvalue weighted by atomic mass is 19.1. The topological polar surface area (TPSA) is 78.3 Å². The Morgan fingerprint density at radius 2 is 1.94 bits per heavy atom. The molecule has 3 aromatic rings. The second-order valence-electron chi connectivity index (χ2n) is 7.37. The van der Waals surface area contributed by atoms with Gasteiger partial charge in [-0.3, -0.25) is 0 Å². The van der Waals surface area contributed by atoms with Gasteiger partial charge in [-0.25, -0.2) is 13.9 Å². The number of benzene rings is 2. The Morgan fingerprint density at radius 3 is 2.66 bits per heavy atom. The lowest BCUT2D eigenvalue weighted by atomic mass is 9.94. The van der Waals surface area contributed by atoms with E-state index in [0.29, 0.717) is 29.3 Å². The van der Waals surface area contributed by atoms with E-state index in [0.717, 1.165) is 17.7 Å². The minimum absolute atomic E-state index is 0.126. The lowest BCUT2D eigenvalue weighted by molar-refractivity contribution is -0.139. The largest absolute Gasteiger partial charge is 0.489 e. The Balaban J connectivity index is 1.64. The molecule has 32 heavy (non-hydrogen) atoms. The van der Waals surface area contributed by atoms with Gasteiger partial charge in [-0.2, -0.15) is 10.1 Å². The highest BCUT2D eigenvalue weighted by molar-refractivity contribution is 5.92. The molecular formula is C24H25FN4O3. The molecule has 0 saturated carbocycles. The molecular weight excluding hydrogens is 411 g/mol. The van der Waals surface area contributed by atoms with Crippen LogP contribution in [0.1, 0.15) is 43.9 Å². The van der Waals surface area contributed by atoms with Gasteiger partial charge in [0.05, 0.1) is 12.2 Å². The number of nitrogens with zero attached hydrogens (tertiary/aromatic N) is 3. The third-order valence-corrected chi connectivity index (χ3v) is 5.22. The number of rotatable bonds is 8. The summed E-state index contributed by atoms with van der Waals surface area (Å²) >= 11 is 0. The van der Waals surface area contributed by atoms with E-state index in [1.807, 2.05) is 19.1 Å². The Labute approximate surface area is 185 Å². The number of carbonyl (C=O) groups is 1. The fourth-order valence-electron chi connectivity index (χ4n) is 3.74. The molecule has 0 radical (unpaired) electrons. The van der Waals surface area contributed by atoms with Crippen molar-refractivity contribution < 1.29 is 18.7 Å². The van der Waals surface area contributed by atoms with E-state index in [1.165, 1.54) is 12.4 Å². The molecule has 1 atom stereocenters. The molecule has 0 fully saturated rings. The molecule has 1 N–H and O–H groups in total. The van der Waals surface area contributed by atoms with Crippen LogP contribution in [0.2, 0.25) is 0 Å². The summed E-state index contributed by atoms with van der Waals surface area (Å²) in [4.78, 5) is 17.2. The smallest absolute Gasteiger partial charge is 0.338 e. The number of anilines is 1. The van der Waals surface area contributed by atoms with Crippen LogP contribution in [0.5, 0.6) is 5.75 Å². The van der Waals surface area contributed by atoms with Crippen molar-refractivity contribution in [1.82, 2.24) is 14.8 Å². The lowest BCUT2D eigenvalue weighted by Gasteiger charge is -2.29. The van der Waals surface area contributed by atoms with Gasteiger partial charge in [-0.05, 0) is 37.1 Å². The van der Waals surface area contributed by atoms with Crippen LogP contribution >= 0.6 is 0 Å². The van der Waals surface area contributed by atoms with Crippen molar-refractivity contribution in [3.05, 3.63) is 83.1 Å². The summed E-state index contributed by atoms with van der Waals surface area (Å²) in [6, 6.07) is 13.4. The molecule has 2 heterocycles. The molecule has 1 aliphatic heterocycles. The van der Waals surface area contributed by atoms with Crippen LogP contribution in [0.15, 0.2) is 66.1 Å². The number of nitrogens with one attached hydrogen (secondary N) is 1. The van der Waals surface area contributed by atoms with Gasteiger partial charge in [0.25, 0.3) is 0 Å². The number of fused-ring (bicyclic) bond motifs is 1. The minimum Gasteiger partial charge on any atom is -0.489 e. The third kappa shape index (κ3) is 4.34. The van der Waals surface area contributed by atoms with Crippen LogP contribution in [0.25, 0.3) is 0 Å². The molecule has 1 aliphatic rings. The minimum atomic E-state index is -0.477. The molecule has 0 spiro atoms. The van der Waals surface area contributed by atoms with E-state index in [1.54, 1.807) is 41.9 Å². The fourth-order valence-corrected chi connectivity index (χ4v) is 3.74. The first-order valence-corrected chi connectivity index (χ1v) is 10.6. The van der Waals surface area contributed by atoms with Crippen molar-refractivity contribution in [2.75, 3.05) is 11.9 Å². The molecule has 166 valence electrons. The number of aromatic nitrogens is 3. The molecule has 2 aromatic carbocycles. The fraction of sp³-hybridized carbons (Fsp3) is 0.292. The van der Waals surface area contributed by atoms with Crippen LogP contribution < -0.4 is 10.1 Å². The Hall–Kier alpha value is -3.68. The molecule has 0 saturated heterocycles. The summed E-state index contributed by atoms with van der Waals surface area (Å²) in [5, 5.41) is 7.57. The number of halogens is 1. The second kappa shape index (κ2) is 9.64. The SMILES string of the molecule is CCCC1=C(C(=O)OCC)[C@@H](c2ccc(OCc3ccccc3F)cc2)n2ncnc2N1. The summed E-state index contributed by atoms with van der Waals surface area (Å²) in [6.45, 7) is 4.24. The van der Waals surface area contributed by atoms with Gasteiger partial charge < -0.3 is 14.8 Å². The molecule has 0 amide bonds. The number of carbonyl (C=O) groups excluding carboxylic acids is 1. The average molecular weight is 436 g/mol. The van der Waals surface area contributed by atoms with Gasteiger partial charge >= 0.3 is 5.97 Å². The van der Waals surface area contributed by atoms with Crippen molar-refractivity contribution >= 4 is 11.9 Å². The van der Waals surface area contributed by atoms with Crippen LogP contribution in [0.3, 0.4) is 0 Å². The van der Waals surface area contributed by atoms with Crippen LogP contribution in [0.4, 0.5) is 10.3 Å². The number of ether oxygens (including phenoxy) is 2. The quantitative estimate of drug-likeness (QED) is 0.519. The molecule has 0 aliphatic carbocycles. The van der Waals surface area contributed by atoms with Crippen molar-refractivity contribution in [2.45, 2.75) is 39.3 Å². The van der Waals surface area contributed by atoms with Crippen molar-refractivity contribution in [2.24, 2.45) is 0 Å². The predicted molar refractivity (Wildman–Crippen MR) is 118 cm³/mol. The zero-order chi connectivity index (χ0) is 22.5. The van der Waals surface area contributed by atoms with Gasteiger partial charge in [0.15, 0.2) is 0 Å². The third-order valence-electron chi connectivity index (χ3n) is 5.22. The van der Waals surface area contributed by atoms with Gasteiger partial charge in [-0.15, -0.1) is 0 Å². The maximum atomic E-state index is 13.8.